The third-order valence-electron chi connectivity index (χ3n) is 6.29. The number of hydrogen-bond acceptors (Lipinski definition) is 3. The van der Waals surface area contributed by atoms with Gasteiger partial charge in [-0.1, -0.05) is 73.7 Å². The van der Waals surface area contributed by atoms with Crippen LogP contribution in [0, 0.1) is 0 Å². The van der Waals surface area contributed by atoms with Gasteiger partial charge in [-0.3, -0.25) is 4.79 Å². The first kappa shape index (κ1) is 20.1. The third kappa shape index (κ3) is 3.17. The second-order valence-corrected chi connectivity index (χ2v) is 8.09. The highest BCUT2D eigenvalue weighted by Crippen LogP contribution is 2.45. The van der Waals surface area contributed by atoms with Gasteiger partial charge in [0.1, 0.15) is 0 Å². The number of rotatable bonds is 5. The Kier molecular flexibility index (Phi) is 5.02. The van der Waals surface area contributed by atoms with E-state index in [1.807, 2.05) is 79.7 Å². The minimum absolute atomic E-state index is 0.100. The Morgan fingerprint density at radius 1 is 0.938 bits per heavy atom. The molecule has 1 amide bonds. The number of carbonyl (C=O) groups excluding carboxylic acids is 2. The maximum Gasteiger partial charge on any atom is 0.411 e. The molecule has 0 spiro atoms. The van der Waals surface area contributed by atoms with E-state index in [1.165, 1.54) is 4.90 Å². The SMILES string of the molecule is CC[C@H](C(=O)c1c[nH]c2ccccc12)N(C)C(=O)OC1c2ccccc2-c2ccccc21. The van der Waals surface area contributed by atoms with Gasteiger partial charge in [-0.2, -0.15) is 0 Å². The number of benzene rings is 3. The van der Waals surface area contributed by atoms with Gasteiger partial charge in [0.15, 0.2) is 11.9 Å². The molecule has 1 aromatic heterocycles. The smallest absolute Gasteiger partial charge is 0.411 e. The van der Waals surface area contributed by atoms with Crippen molar-refractivity contribution in [3.05, 3.63) is 95.7 Å². The number of aromatic nitrogens is 1. The molecule has 1 heterocycles. The molecule has 0 fully saturated rings. The number of aromatic amines is 1. The van der Waals surface area contributed by atoms with Crippen molar-refractivity contribution < 1.29 is 14.3 Å². The van der Waals surface area contributed by atoms with Crippen LogP contribution in [-0.4, -0.2) is 34.8 Å². The molecule has 1 N–H and O–H groups in total. The van der Waals surface area contributed by atoms with Crippen molar-refractivity contribution >= 4 is 22.8 Å². The van der Waals surface area contributed by atoms with E-state index < -0.39 is 18.2 Å². The molecule has 0 saturated carbocycles. The Labute approximate surface area is 186 Å². The zero-order valence-electron chi connectivity index (χ0n) is 18.0. The van der Waals surface area contributed by atoms with E-state index in [0.29, 0.717) is 12.0 Å². The maximum atomic E-state index is 13.4. The molecule has 0 aliphatic heterocycles. The van der Waals surface area contributed by atoms with Crippen LogP contribution in [0.1, 0.15) is 40.9 Å². The molecular formula is C27H24N2O3. The number of ketones is 1. The molecule has 160 valence electrons. The van der Waals surface area contributed by atoms with Crippen LogP contribution >= 0.6 is 0 Å². The number of fused-ring (bicyclic) bond motifs is 4. The van der Waals surface area contributed by atoms with Crippen molar-refractivity contribution in [3.8, 4) is 11.1 Å². The van der Waals surface area contributed by atoms with Gasteiger partial charge in [0.05, 0.1) is 6.04 Å². The highest BCUT2D eigenvalue weighted by atomic mass is 16.6. The summed E-state index contributed by atoms with van der Waals surface area (Å²) in [6.45, 7) is 1.90. The average molecular weight is 425 g/mol. The average Bonchev–Trinajstić information content (AvgIpc) is 3.39. The van der Waals surface area contributed by atoms with Crippen molar-refractivity contribution in [2.45, 2.75) is 25.5 Å². The number of nitrogens with one attached hydrogen (secondary N) is 1. The second kappa shape index (κ2) is 8.00. The van der Waals surface area contributed by atoms with E-state index in [1.54, 1.807) is 13.2 Å². The number of H-pyrrole nitrogens is 1. The van der Waals surface area contributed by atoms with Crippen molar-refractivity contribution in [1.82, 2.24) is 9.88 Å². The van der Waals surface area contributed by atoms with E-state index in [4.69, 9.17) is 4.74 Å². The molecule has 0 radical (unpaired) electrons. The van der Waals surface area contributed by atoms with Gasteiger partial charge in [0.2, 0.25) is 0 Å². The second-order valence-electron chi connectivity index (χ2n) is 8.09. The lowest BCUT2D eigenvalue weighted by atomic mass is 10.0. The first-order chi connectivity index (χ1) is 15.6. The van der Waals surface area contributed by atoms with Crippen molar-refractivity contribution in [1.29, 1.82) is 0 Å². The largest absolute Gasteiger partial charge is 0.436 e. The van der Waals surface area contributed by atoms with Gasteiger partial charge in [0.25, 0.3) is 0 Å². The van der Waals surface area contributed by atoms with Crippen LogP contribution in [0.3, 0.4) is 0 Å². The lowest BCUT2D eigenvalue weighted by Crippen LogP contribution is -2.42. The molecule has 3 aromatic carbocycles. The van der Waals surface area contributed by atoms with E-state index in [0.717, 1.165) is 33.2 Å². The number of Topliss-reactive ketones (excluding diaryl/α,β-unsaturated/α-hetero) is 1. The van der Waals surface area contributed by atoms with Crippen LogP contribution in [0.2, 0.25) is 0 Å². The number of para-hydroxylation sites is 1. The standard InChI is InChI=1S/C27H24N2O3/c1-3-24(25(30)22-16-28-23-15-9-8-12-19(22)23)29(2)27(31)32-26-20-13-6-4-10-17(20)18-11-5-7-14-21(18)26/h4-16,24,26,28H,3H2,1-2H3/t24-/m1/s1. The fourth-order valence-electron chi connectivity index (χ4n) is 4.64. The van der Waals surface area contributed by atoms with Crippen LogP contribution in [0.5, 0.6) is 0 Å². The van der Waals surface area contributed by atoms with E-state index in [9.17, 15) is 9.59 Å². The summed E-state index contributed by atoms with van der Waals surface area (Å²) in [5, 5.41) is 0.858. The van der Waals surface area contributed by atoms with Gasteiger partial charge >= 0.3 is 6.09 Å². The summed E-state index contributed by atoms with van der Waals surface area (Å²) in [5.74, 6) is -0.100. The molecule has 0 unspecified atom stereocenters. The molecule has 1 aliphatic rings. The number of likely N-dealkylation sites (N-methyl/N-ethyl adjacent to an activating group) is 1. The topological polar surface area (TPSA) is 62.4 Å². The highest BCUT2D eigenvalue weighted by molar-refractivity contribution is 6.10. The van der Waals surface area contributed by atoms with Crippen molar-refractivity contribution in [2.24, 2.45) is 0 Å². The lowest BCUT2D eigenvalue weighted by Gasteiger charge is -2.27. The summed E-state index contributed by atoms with van der Waals surface area (Å²) < 4.78 is 5.99. The molecule has 0 bridgehead atoms. The zero-order valence-corrected chi connectivity index (χ0v) is 18.0. The van der Waals surface area contributed by atoms with Gasteiger partial charge in [-0.05, 0) is 23.6 Å². The molecule has 0 saturated heterocycles. The van der Waals surface area contributed by atoms with Crippen molar-refractivity contribution in [2.75, 3.05) is 7.05 Å². The predicted molar refractivity (Wildman–Crippen MR) is 125 cm³/mol. The zero-order chi connectivity index (χ0) is 22.2. The number of amides is 1. The number of hydrogen-bond donors (Lipinski definition) is 1. The molecule has 32 heavy (non-hydrogen) atoms. The Bertz CT molecular complexity index is 1280. The maximum absolute atomic E-state index is 13.4. The molecule has 1 atom stereocenters. The number of nitrogens with zero attached hydrogens (tertiary/aromatic N) is 1. The highest BCUT2D eigenvalue weighted by Gasteiger charge is 2.34. The fourth-order valence-corrected chi connectivity index (χ4v) is 4.64. The summed E-state index contributed by atoms with van der Waals surface area (Å²) in [5.41, 5.74) is 5.56. The Hall–Kier alpha value is -3.86. The monoisotopic (exact) mass is 424 g/mol. The number of ether oxygens (including phenoxy) is 1. The normalized spacial score (nSPS) is 13.4. The van der Waals surface area contributed by atoms with Crippen LogP contribution in [0.15, 0.2) is 79.0 Å². The Morgan fingerprint density at radius 3 is 2.19 bits per heavy atom. The Balaban J connectivity index is 1.41. The van der Waals surface area contributed by atoms with Crippen LogP contribution < -0.4 is 0 Å². The molecular weight excluding hydrogens is 400 g/mol. The van der Waals surface area contributed by atoms with E-state index in [2.05, 4.69) is 4.98 Å². The molecule has 5 heteroatoms. The van der Waals surface area contributed by atoms with Gasteiger partial charge < -0.3 is 14.6 Å². The van der Waals surface area contributed by atoms with Crippen LogP contribution in [0.4, 0.5) is 4.79 Å². The minimum atomic E-state index is -0.617. The molecule has 4 aromatic rings. The first-order valence-electron chi connectivity index (χ1n) is 10.8. The van der Waals surface area contributed by atoms with E-state index >= 15 is 0 Å². The summed E-state index contributed by atoms with van der Waals surface area (Å²) in [7, 11) is 1.63. The summed E-state index contributed by atoms with van der Waals surface area (Å²) in [6.07, 6.45) is 1.21. The first-order valence-corrected chi connectivity index (χ1v) is 10.8. The quantitative estimate of drug-likeness (QED) is 0.402. The van der Waals surface area contributed by atoms with Gasteiger partial charge in [-0.25, -0.2) is 4.79 Å². The third-order valence-corrected chi connectivity index (χ3v) is 6.29. The minimum Gasteiger partial charge on any atom is -0.436 e. The van der Waals surface area contributed by atoms with E-state index in [-0.39, 0.29) is 5.78 Å². The predicted octanol–water partition coefficient (Wildman–Crippen LogP) is 5.97. The molecule has 5 nitrogen and oxygen atoms in total. The van der Waals surface area contributed by atoms with Crippen LogP contribution in [-0.2, 0) is 4.74 Å². The van der Waals surface area contributed by atoms with Crippen molar-refractivity contribution in [3.63, 3.8) is 0 Å². The van der Waals surface area contributed by atoms with Crippen LogP contribution in [0.25, 0.3) is 22.0 Å². The summed E-state index contributed by atoms with van der Waals surface area (Å²) in [4.78, 5) is 31.1. The molecule has 5 rings (SSSR count). The summed E-state index contributed by atoms with van der Waals surface area (Å²) in [6, 6.07) is 23.0. The fraction of sp³-hybridized carbons (Fsp3) is 0.185. The Morgan fingerprint density at radius 2 is 1.53 bits per heavy atom. The van der Waals surface area contributed by atoms with Gasteiger partial charge in [-0.15, -0.1) is 0 Å². The molecule has 1 aliphatic carbocycles. The summed E-state index contributed by atoms with van der Waals surface area (Å²) >= 11 is 0. The van der Waals surface area contributed by atoms with Gasteiger partial charge in [0, 0.05) is 40.8 Å². The lowest BCUT2D eigenvalue weighted by molar-refractivity contribution is 0.0630. The number of carbonyl (C=O) groups is 2.